The second kappa shape index (κ2) is 12.6. The first-order valence-corrected chi connectivity index (χ1v) is 8.53. The molecule has 0 unspecified atom stereocenters. The third-order valence-electron chi connectivity index (χ3n) is 3.45. The average Bonchev–Trinajstić information content (AvgIpc) is 2.63. The molecule has 0 radical (unpaired) electrons. The van der Waals surface area contributed by atoms with Gasteiger partial charge in [0.25, 0.3) is 12.6 Å². The van der Waals surface area contributed by atoms with Crippen molar-refractivity contribution < 1.29 is 33.9 Å². The summed E-state index contributed by atoms with van der Waals surface area (Å²) in [6, 6.07) is 3.28. The molecule has 0 aliphatic carbocycles. The van der Waals surface area contributed by atoms with Crippen molar-refractivity contribution in [2.24, 2.45) is 0 Å². The summed E-state index contributed by atoms with van der Waals surface area (Å²) in [6.45, 7) is 0.454. The van der Waals surface area contributed by atoms with Crippen LogP contribution in [0.15, 0.2) is 24.5 Å². The number of carbonyl (C=O) groups is 3. The topological polar surface area (TPSA) is 129 Å². The number of hydrogen-bond donors (Lipinski definition) is 4. The number of rotatable bonds is 12. The first kappa shape index (κ1) is 21.4. The molecule has 0 fully saturated rings. The molecule has 0 atom stereocenters. The standard InChI is InChI=1S/C17H25N3O6/c21-11-9-18-16(24)14-6-5-10-20(12-14)13-26-17(25)19-8-4-2-1-3-7-15(22)23/h5-6,10,12,21H,1-4,7-9,11,13H2,(H2-,18,19,22,23,24,25)/p+1. The van der Waals surface area contributed by atoms with Gasteiger partial charge in [0.2, 0.25) is 0 Å². The van der Waals surface area contributed by atoms with Crippen LogP contribution in [-0.4, -0.2) is 47.9 Å². The van der Waals surface area contributed by atoms with E-state index in [-0.39, 0.29) is 32.2 Å². The molecule has 26 heavy (non-hydrogen) atoms. The molecule has 9 nitrogen and oxygen atoms in total. The smallest absolute Gasteiger partial charge is 0.411 e. The summed E-state index contributed by atoms with van der Waals surface area (Å²) in [5, 5.41) is 22.4. The molecule has 0 saturated carbocycles. The predicted octanol–water partition coefficient (Wildman–Crippen LogP) is 0.415. The van der Waals surface area contributed by atoms with Gasteiger partial charge in [-0.1, -0.05) is 12.8 Å². The van der Waals surface area contributed by atoms with E-state index >= 15 is 0 Å². The van der Waals surface area contributed by atoms with Gasteiger partial charge in [-0.2, -0.15) is 4.57 Å². The molecule has 0 spiro atoms. The predicted molar refractivity (Wildman–Crippen MR) is 91.3 cm³/mol. The number of pyridine rings is 1. The molecule has 9 heteroatoms. The number of carboxylic acids is 1. The highest BCUT2D eigenvalue weighted by molar-refractivity contribution is 5.93. The highest BCUT2D eigenvalue weighted by Crippen LogP contribution is 2.02. The molecule has 1 rings (SSSR count). The number of aliphatic hydroxyl groups is 1. The van der Waals surface area contributed by atoms with Gasteiger partial charge in [-0.05, 0) is 18.9 Å². The van der Waals surface area contributed by atoms with E-state index in [1.807, 2.05) is 0 Å². The second-order valence-corrected chi connectivity index (χ2v) is 5.63. The van der Waals surface area contributed by atoms with Gasteiger partial charge in [-0.25, -0.2) is 4.79 Å². The summed E-state index contributed by atoms with van der Waals surface area (Å²) >= 11 is 0. The number of carboxylic acid groups (broad SMARTS) is 1. The normalized spacial score (nSPS) is 10.2. The molecule has 0 saturated heterocycles. The van der Waals surface area contributed by atoms with Crippen LogP contribution in [0.25, 0.3) is 0 Å². The lowest BCUT2D eigenvalue weighted by Gasteiger charge is -2.05. The Hall–Kier alpha value is -2.68. The van der Waals surface area contributed by atoms with Crippen LogP contribution in [0, 0.1) is 0 Å². The number of aliphatic hydroxyl groups excluding tert-OH is 1. The monoisotopic (exact) mass is 368 g/mol. The maximum atomic E-state index is 11.8. The number of unbranched alkanes of at least 4 members (excludes halogenated alkanes) is 3. The van der Waals surface area contributed by atoms with Crippen LogP contribution in [0.2, 0.25) is 0 Å². The Kier molecular flexibility index (Phi) is 10.4. The van der Waals surface area contributed by atoms with Crippen LogP contribution >= 0.6 is 0 Å². The van der Waals surface area contributed by atoms with Crippen molar-refractivity contribution in [1.82, 2.24) is 10.6 Å². The van der Waals surface area contributed by atoms with Crippen molar-refractivity contribution in [2.75, 3.05) is 19.7 Å². The molecule has 1 aromatic heterocycles. The van der Waals surface area contributed by atoms with Crippen LogP contribution in [0.1, 0.15) is 42.5 Å². The van der Waals surface area contributed by atoms with Gasteiger partial charge in [0.05, 0.1) is 6.61 Å². The molecule has 1 heterocycles. The molecule has 0 aromatic carbocycles. The largest absolute Gasteiger partial charge is 0.481 e. The van der Waals surface area contributed by atoms with Gasteiger partial charge in [-0.15, -0.1) is 0 Å². The molecule has 144 valence electrons. The van der Waals surface area contributed by atoms with E-state index in [0.29, 0.717) is 18.5 Å². The lowest BCUT2D eigenvalue weighted by atomic mass is 10.1. The van der Waals surface area contributed by atoms with E-state index in [4.69, 9.17) is 14.9 Å². The number of nitrogens with zero attached hydrogens (tertiary/aromatic N) is 1. The fourth-order valence-corrected chi connectivity index (χ4v) is 2.14. The molecular formula is C17H26N3O6+. The molecule has 4 N–H and O–H groups in total. The quantitative estimate of drug-likeness (QED) is 0.312. The van der Waals surface area contributed by atoms with E-state index in [2.05, 4.69) is 10.6 Å². The minimum absolute atomic E-state index is 0.0361. The third-order valence-corrected chi connectivity index (χ3v) is 3.45. The Morgan fingerprint density at radius 1 is 1.08 bits per heavy atom. The van der Waals surface area contributed by atoms with E-state index in [0.717, 1.165) is 19.3 Å². The minimum atomic E-state index is -0.792. The second-order valence-electron chi connectivity index (χ2n) is 5.63. The van der Waals surface area contributed by atoms with Gasteiger partial charge in [0, 0.05) is 25.6 Å². The number of aliphatic carboxylic acids is 1. The van der Waals surface area contributed by atoms with E-state index < -0.39 is 12.1 Å². The minimum Gasteiger partial charge on any atom is -0.481 e. The summed E-state index contributed by atoms with van der Waals surface area (Å²) < 4.78 is 6.62. The van der Waals surface area contributed by atoms with E-state index in [9.17, 15) is 14.4 Å². The summed E-state index contributed by atoms with van der Waals surface area (Å²) in [7, 11) is 0. The molecule has 0 bridgehead atoms. The van der Waals surface area contributed by atoms with Crippen molar-refractivity contribution in [3.63, 3.8) is 0 Å². The molecule has 0 aliphatic heterocycles. The van der Waals surface area contributed by atoms with Crippen molar-refractivity contribution in [3.05, 3.63) is 30.1 Å². The lowest BCUT2D eigenvalue weighted by molar-refractivity contribution is -0.727. The number of alkyl carbamates (subject to hydrolysis) is 1. The zero-order valence-corrected chi connectivity index (χ0v) is 14.6. The fraction of sp³-hybridized carbons (Fsp3) is 0.529. The summed E-state index contributed by atoms with van der Waals surface area (Å²) in [5.41, 5.74) is 0.395. The van der Waals surface area contributed by atoms with Crippen LogP contribution in [0.5, 0.6) is 0 Å². The van der Waals surface area contributed by atoms with Crippen LogP contribution < -0.4 is 15.2 Å². The van der Waals surface area contributed by atoms with Crippen molar-refractivity contribution in [2.45, 2.75) is 38.8 Å². The first-order chi connectivity index (χ1) is 12.5. The van der Waals surface area contributed by atoms with Gasteiger partial charge in [-0.3, -0.25) is 9.59 Å². The summed E-state index contributed by atoms with van der Waals surface area (Å²) in [4.78, 5) is 33.8. The first-order valence-electron chi connectivity index (χ1n) is 8.53. The van der Waals surface area contributed by atoms with Crippen LogP contribution in [-0.2, 0) is 16.3 Å². The van der Waals surface area contributed by atoms with Crippen molar-refractivity contribution in [3.8, 4) is 0 Å². The van der Waals surface area contributed by atoms with E-state index in [1.54, 1.807) is 29.1 Å². The zero-order valence-electron chi connectivity index (χ0n) is 14.6. The Morgan fingerprint density at radius 2 is 1.85 bits per heavy atom. The Bertz CT molecular complexity index is 594. The third kappa shape index (κ3) is 9.58. The van der Waals surface area contributed by atoms with Gasteiger partial charge in [0.1, 0.15) is 5.56 Å². The van der Waals surface area contributed by atoms with Crippen molar-refractivity contribution >= 4 is 18.0 Å². The van der Waals surface area contributed by atoms with Gasteiger partial charge in [0.15, 0.2) is 12.4 Å². The Labute approximate surface area is 152 Å². The number of hydrogen-bond acceptors (Lipinski definition) is 5. The Morgan fingerprint density at radius 3 is 2.58 bits per heavy atom. The SMILES string of the molecule is O=C(O)CCCCCCNC(=O)OC[n+]1cccc(C(=O)NCCO)c1. The highest BCUT2D eigenvalue weighted by atomic mass is 16.6. The van der Waals surface area contributed by atoms with E-state index in [1.165, 1.54) is 0 Å². The maximum absolute atomic E-state index is 11.8. The average molecular weight is 368 g/mol. The van der Waals surface area contributed by atoms with Crippen LogP contribution in [0.3, 0.4) is 0 Å². The lowest BCUT2D eigenvalue weighted by Crippen LogP contribution is -2.39. The number of nitrogens with one attached hydrogen (secondary N) is 2. The van der Waals surface area contributed by atoms with Gasteiger partial charge < -0.3 is 25.6 Å². The molecular weight excluding hydrogens is 342 g/mol. The summed E-state index contributed by atoms with van der Waals surface area (Å²) in [6.07, 6.45) is 5.86. The van der Waals surface area contributed by atoms with Gasteiger partial charge >= 0.3 is 12.1 Å². The highest BCUT2D eigenvalue weighted by Gasteiger charge is 2.11. The van der Waals surface area contributed by atoms with Crippen LogP contribution in [0.4, 0.5) is 4.79 Å². The zero-order chi connectivity index (χ0) is 19.2. The number of amides is 2. The number of aromatic nitrogens is 1. The number of carbonyl (C=O) groups excluding carboxylic acids is 2. The molecule has 1 aromatic rings. The number of ether oxygens (including phenoxy) is 1. The molecule has 2 amide bonds. The Balaban J connectivity index is 2.22. The summed E-state index contributed by atoms with van der Waals surface area (Å²) in [5.74, 6) is -1.11. The van der Waals surface area contributed by atoms with Crippen molar-refractivity contribution in [1.29, 1.82) is 0 Å². The molecule has 0 aliphatic rings. The fourth-order valence-electron chi connectivity index (χ4n) is 2.14. The maximum Gasteiger partial charge on any atom is 0.411 e.